The number of sulfonamides is 1. The van der Waals surface area contributed by atoms with Crippen LogP contribution in [0, 0.1) is 5.82 Å². The average molecular weight is 448 g/mol. The van der Waals surface area contributed by atoms with Crippen molar-refractivity contribution in [2.45, 2.75) is 11.3 Å². The summed E-state index contributed by atoms with van der Waals surface area (Å²) in [7, 11) is -3.49. The highest BCUT2D eigenvalue weighted by molar-refractivity contribution is 7.89. The van der Waals surface area contributed by atoms with Crippen LogP contribution in [0.1, 0.15) is 12.0 Å². The summed E-state index contributed by atoms with van der Waals surface area (Å²) in [5.41, 5.74) is 1.95. The molecule has 0 saturated carbocycles. The number of hydrogen-bond acceptors (Lipinski definition) is 6. The van der Waals surface area contributed by atoms with E-state index in [4.69, 9.17) is 9.47 Å². The van der Waals surface area contributed by atoms with Gasteiger partial charge in [0.2, 0.25) is 10.0 Å². The van der Waals surface area contributed by atoms with Gasteiger partial charge in [-0.25, -0.2) is 12.8 Å². The SMILES string of the molecule is O=S(=O)(c1ccc(OCCN2CC=C(c3cncc(F)c3)CC2)cc1)N1CCOCC1. The Morgan fingerprint density at radius 1 is 1.10 bits per heavy atom. The molecule has 0 radical (unpaired) electrons. The van der Waals surface area contributed by atoms with E-state index < -0.39 is 10.0 Å². The predicted octanol–water partition coefficient (Wildman–Crippen LogP) is 2.41. The van der Waals surface area contributed by atoms with E-state index in [1.165, 1.54) is 16.6 Å². The first kappa shape index (κ1) is 21.9. The first-order valence-corrected chi connectivity index (χ1v) is 11.8. The van der Waals surface area contributed by atoms with Crippen LogP contribution in [0.5, 0.6) is 5.75 Å². The summed E-state index contributed by atoms with van der Waals surface area (Å²) in [6.07, 6.45) is 5.84. The molecule has 2 aliphatic heterocycles. The fourth-order valence-corrected chi connectivity index (χ4v) is 5.11. The number of rotatable bonds is 7. The van der Waals surface area contributed by atoms with E-state index in [0.29, 0.717) is 38.7 Å². The lowest BCUT2D eigenvalue weighted by atomic mass is 10.0. The molecule has 4 rings (SSSR count). The first-order chi connectivity index (χ1) is 15.0. The number of aromatic nitrogens is 1. The van der Waals surface area contributed by atoms with Gasteiger partial charge in [0.05, 0.1) is 24.3 Å². The first-order valence-electron chi connectivity index (χ1n) is 10.4. The number of nitrogens with zero attached hydrogens (tertiary/aromatic N) is 3. The van der Waals surface area contributed by atoms with Gasteiger partial charge in [-0.15, -0.1) is 0 Å². The molecule has 2 aromatic rings. The molecule has 9 heteroatoms. The molecule has 0 unspecified atom stereocenters. The highest BCUT2D eigenvalue weighted by Crippen LogP contribution is 2.23. The second-order valence-corrected chi connectivity index (χ2v) is 9.45. The second kappa shape index (κ2) is 9.86. The largest absolute Gasteiger partial charge is 0.492 e. The topological polar surface area (TPSA) is 72.0 Å². The molecule has 1 saturated heterocycles. The molecule has 1 fully saturated rings. The van der Waals surface area contributed by atoms with Gasteiger partial charge in [-0.05, 0) is 47.9 Å². The van der Waals surface area contributed by atoms with Gasteiger partial charge in [0.25, 0.3) is 0 Å². The third kappa shape index (κ3) is 5.48. The molecule has 2 aliphatic rings. The van der Waals surface area contributed by atoms with Crippen LogP contribution in [0.3, 0.4) is 0 Å². The van der Waals surface area contributed by atoms with Gasteiger partial charge in [0.1, 0.15) is 18.2 Å². The Balaban J connectivity index is 1.26. The molecular formula is C22H26FN3O4S. The van der Waals surface area contributed by atoms with E-state index in [1.807, 2.05) is 0 Å². The smallest absolute Gasteiger partial charge is 0.243 e. The summed E-state index contributed by atoms with van der Waals surface area (Å²) in [5, 5.41) is 0. The predicted molar refractivity (Wildman–Crippen MR) is 115 cm³/mol. The molecule has 1 aromatic carbocycles. The molecule has 31 heavy (non-hydrogen) atoms. The minimum atomic E-state index is -3.49. The lowest BCUT2D eigenvalue weighted by Crippen LogP contribution is -2.40. The number of ether oxygens (including phenoxy) is 2. The molecule has 0 amide bonds. The van der Waals surface area contributed by atoms with Crippen molar-refractivity contribution < 1.29 is 22.3 Å². The highest BCUT2D eigenvalue weighted by atomic mass is 32.2. The summed E-state index contributed by atoms with van der Waals surface area (Å²) in [5.74, 6) is 0.318. The van der Waals surface area contributed by atoms with E-state index in [9.17, 15) is 12.8 Å². The van der Waals surface area contributed by atoms with Gasteiger partial charge in [0.15, 0.2) is 0 Å². The molecule has 0 spiro atoms. The van der Waals surface area contributed by atoms with Crippen molar-refractivity contribution in [3.63, 3.8) is 0 Å². The Morgan fingerprint density at radius 3 is 2.55 bits per heavy atom. The number of halogens is 1. The highest BCUT2D eigenvalue weighted by Gasteiger charge is 2.26. The van der Waals surface area contributed by atoms with Crippen molar-refractivity contribution in [2.75, 3.05) is 52.5 Å². The Morgan fingerprint density at radius 2 is 1.87 bits per heavy atom. The zero-order chi connectivity index (χ0) is 21.7. The fourth-order valence-electron chi connectivity index (χ4n) is 3.70. The number of morpholine rings is 1. The van der Waals surface area contributed by atoms with Crippen molar-refractivity contribution in [1.82, 2.24) is 14.2 Å². The summed E-state index contributed by atoms with van der Waals surface area (Å²) < 4.78 is 51.1. The molecule has 1 aromatic heterocycles. The van der Waals surface area contributed by atoms with Gasteiger partial charge < -0.3 is 9.47 Å². The van der Waals surface area contributed by atoms with Gasteiger partial charge >= 0.3 is 0 Å². The standard InChI is InChI=1S/C22H26FN3O4S/c23-20-15-19(16-24-17-20)18-5-7-25(8-6-18)9-14-30-21-1-3-22(4-2-21)31(27,28)26-10-12-29-13-11-26/h1-5,15-17H,6-14H2. The molecule has 0 atom stereocenters. The maximum Gasteiger partial charge on any atom is 0.243 e. The molecule has 3 heterocycles. The van der Waals surface area contributed by atoms with Crippen LogP contribution < -0.4 is 4.74 Å². The van der Waals surface area contributed by atoms with Crippen molar-refractivity contribution >= 4 is 15.6 Å². The molecule has 7 nitrogen and oxygen atoms in total. The van der Waals surface area contributed by atoms with Crippen LogP contribution in [-0.2, 0) is 14.8 Å². The minimum absolute atomic E-state index is 0.266. The molecule has 166 valence electrons. The van der Waals surface area contributed by atoms with Gasteiger partial charge in [-0.2, -0.15) is 4.31 Å². The van der Waals surface area contributed by atoms with E-state index in [1.54, 1.807) is 30.5 Å². The maximum absolute atomic E-state index is 13.4. The normalized spacial score (nSPS) is 18.5. The fraction of sp³-hybridized carbons (Fsp3) is 0.409. The Hall–Kier alpha value is -2.33. The van der Waals surface area contributed by atoms with Crippen LogP contribution in [0.4, 0.5) is 4.39 Å². The third-order valence-corrected chi connectivity index (χ3v) is 7.39. The Kier molecular flexibility index (Phi) is 6.96. The zero-order valence-electron chi connectivity index (χ0n) is 17.2. The Labute approximate surface area is 182 Å². The summed E-state index contributed by atoms with van der Waals surface area (Å²) in [6, 6.07) is 8.07. The lowest BCUT2D eigenvalue weighted by molar-refractivity contribution is 0.0730. The van der Waals surface area contributed by atoms with Crippen LogP contribution in [-0.4, -0.2) is 75.2 Å². The van der Waals surface area contributed by atoms with E-state index in [-0.39, 0.29) is 10.7 Å². The van der Waals surface area contributed by atoms with Crippen molar-refractivity contribution in [3.05, 3.63) is 60.2 Å². The maximum atomic E-state index is 13.4. The minimum Gasteiger partial charge on any atom is -0.492 e. The molecular weight excluding hydrogens is 421 g/mol. The monoisotopic (exact) mass is 447 g/mol. The quantitative estimate of drug-likeness (QED) is 0.649. The molecule has 0 aliphatic carbocycles. The molecule has 0 bridgehead atoms. The van der Waals surface area contributed by atoms with Crippen LogP contribution in [0.2, 0.25) is 0 Å². The zero-order valence-corrected chi connectivity index (χ0v) is 18.1. The lowest BCUT2D eigenvalue weighted by Gasteiger charge is -2.26. The van der Waals surface area contributed by atoms with Gasteiger partial charge in [-0.1, -0.05) is 6.08 Å². The van der Waals surface area contributed by atoms with Crippen LogP contribution in [0.25, 0.3) is 5.57 Å². The van der Waals surface area contributed by atoms with Crippen molar-refractivity contribution in [2.24, 2.45) is 0 Å². The third-order valence-electron chi connectivity index (χ3n) is 5.48. The van der Waals surface area contributed by atoms with Gasteiger partial charge in [0, 0.05) is 38.9 Å². The summed E-state index contributed by atoms with van der Waals surface area (Å²) in [4.78, 5) is 6.44. The van der Waals surface area contributed by atoms with Gasteiger partial charge in [-0.3, -0.25) is 9.88 Å². The second-order valence-electron chi connectivity index (χ2n) is 7.51. The Bertz CT molecular complexity index is 1020. The van der Waals surface area contributed by atoms with Crippen LogP contribution in [0.15, 0.2) is 53.7 Å². The van der Waals surface area contributed by atoms with Crippen LogP contribution >= 0.6 is 0 Å². The number of benzene rings is 1. The summed E-state index contributed by atoms with van der Waals surface area (Å²) in [6.45, 7) is 4.48. The molecule has 0 N–H and O–H groups in total. The number of pyridine rings is 1. The van der Waals surface area contributed by atoms with Crippen molar-refractivity contribution in [3.8, 4) is 5.75 Å². The average Bonchev–Trinajstić information content (AvgIpc) is 2.80. The van der Waals surface area contributed by atoms with Crippen molar-refractivity contribution in [1.29, 1.82) is 0 Å². The summed E-state index contributed by atoms with van der Waals surface area (Å²) >= 11 is 0. The van der Waals surface area contributed by atoms with E-state index in [0.717, 1.165) is 37.2 Å². The number of hydrogen-bond donors (Lipinski definition) is 0. The van der Waals surface area contributed by atoms with E-state index in [2.05, 4.69) is 16.0 Å². The van der Waals surface area contributed by atoms with E-state index >= 15 is 0 Å².